The van der Waals surface area contributed by atoms with Crippen molar-refractivity contribution < 1.29 is 24.2 Å². The molecule has 0 bridgehead atoms. The van der Waals surface area contributed by atoms with Gasteiger partial charge in [0, 0.05) is 13.6 Å². The Labute approximate surface area is 199 Å². The molecule has 0 heterocycles. The predicted octanol–water partition coefficient (Wildman–Crippen LogP) is 5.11. The number of carboxylic acids is 1. The zero-order valence-corrected chi connectivity index (χ0v) is 19.2. The predicted molar refractivity (Wildman–Crippen MR) is 129 cm³/mol. The summed E-state index contributed by atoms with van der Waals surface area (Å²) in [5, 5.41) is 8.91. The second-order valence-electron chi connectivity index (χ2n) is 8.65. The zero-order valence-electron chi connectivity index (χ0n) is 19.2. The number of carboxylic acid groups (broad SMARTS) is 1. The number of nitrogens with zero attached hydrogens (tertiary/aromatic N) is 1. The van der Waals surface area contributed by atoms with Gasteiger partial charge in [-0.25, -0.2) is 9.59 Å². The number of aliphatic carboxylic acids is 1. The topological polar surface area (TPSA) is 76.1 Å². The molecule has 3 aromatic rings. The van der Waals surface area contributed by atoms with Crippen LogP contribution in [-0.2, 0) is 22.4 Å². The van der Waals surface area contributed by atoms with Crippen LogP contribution >= 0.6 is 0 Å². The van der Waals surface area contributed by atoms with Crippen molar-refractivity contribution in [2.24, 2.45) is 5.92 Å². The molecule has 4 rings (SSSR count). The summed E-state index contributed by atoms with van der Waals surface area (Å²) in [6.07, 6.45) is 1.65. The lowest BCUT2D eigenvalue weighted by Crippen LogP contribution is -2.35. The first-order chi connectivity index (χ1) is 16.5. The molecule has 0 saturated carbocycles. The van der Waals surface area contributed by atoms with Crippen LogP contribution in [0.1, 0.15) is 34.8 Å². The highest BCUT2D eigenvalue weighted by Gasteiger charge is 2.26. The van der Waals surface area contributed by atoms with Crippen LogP contribution in [0, 0.1) is 5.92 Å². The van der Waals surface area contributed by atoms with E-state index in [0.717, 1.165) is 41.5 Å². The summed E-state index contributed by atoms with van der Waals surface area (Å²) >= 11 is 0. The molecule has 0 aliphatic heterocycles. The number of hydrogen-bond acceptors (Lipinski definition) is 4. The third-order valence-corrected chi connectivity index (χ3v) is 6.16. The molecule has 6 nitrogen and oxygen atoms in total. The minimum atomic E-state index is -0.990. The first-order valence-electron chi connectivity index (χ1n) is 11.5. The summed E-state index contributed by atoms with van der Waals surface area (Å²) in [5.74, 6) is -0.0675. The molecule has 0 aromatic heterocycles. The number of benzene rings is 3. The van der Waals surface area contributed by atoms with Gasteiger partial charge in [0.05, 0.1) is 0 Å². The maximum atomic E-state index is 13.1. The van der Waals surface area contributed by atoms with E-state index in [9.17, 15) is 9.59 Å². The van der Waals surface area contributed by atoms with Gasteiger partial charge < -0.3 is 19.5 Å². The fourth-order valence-electron chi connectivity index (χ4n) is 4.51. The quantitative estimate of drug-likeness (QED) is 0.506. The molecule has 1 aliphatic carbocycles. The van der Waals surface area contributed by atoms with Crippen molar-refractivity contribution in [3.05, 3.63) is 101 Å². The Bertz CT molecular complexity index is 1080. The molecule has 0 saturated heterocycles. The molecule has 6 heteroatoms. The summed E-state index contributed by atoms with van der Waals surface area (Å²) in [6, 6.07) is 25.3. The van der Waals surface area contributed by atoms with Crippen LogP contribution in [0.5, 0.6) is 5.75 Å². The number of fused-ring (bicyclic) bond motifs is 1. The molecule has 3 aromatic carbocycles. The molecule has 1 unspecified atom stereocenters. The van der Waals surface area contributed by atoms with E-state index >= 15 is 0 Å². The molecule has 34 heavy (non-hydrogen) atoms. The summed E-state index contributed by atoms with van der Waals surface area (Å²) < 4.78 is 11.4. The fraction of sp³-hybridized carbons (Fsp3) is 0.286. The van der Waals surface area contributed by atoms with Gasteiger partial charge in [-0.15, -0.1) is 0 Å². The van der Waals surface area contributed by atoms with Crippen LogP contribution in [-0.4, -0.2) is 42.3 Å². The smallest absolute Gasteiger partial charge is 0.410 e. The van der Waals surface area contributed by atoms with Gasteiger partial charge in [-0.1, -0.05) is 72.8 Å². The Morgan fingerprint density at radius 1 is 0.971 bits per heavy atom. The van der Waals surface area contributed by atoms with Crippen molar-refractivity contribution >= 4 is 12.1 Å². The Balaban J connectivity index is 1.41. The van der Waals surface area contributed by atoms with Crippen molar-refractivity contribution in [2.75, 3.05) is 20.2 Å². The maximum absolute atomic E-state index is 13.1. The molecule has 1 amide bonds. The van der Waals surface area contributed by atoms with E-state index in [1.54, 1.807) is 11.9 Å². The zero-order chi connectivity index (χ0) is 23.9. The number of hydrogen-bond donors (Lipinski definition) is 1. The Morgan fingerprint density at radius 3 is 2.24 bits per heavy atom. The minimum absolute atomic E-state index is 0.284. The molecule has 1 aliphatic rings. The van der Waals surface area contributed by atoms with E-state index < -0.39 is 12.1 Å². The average Bonchev–Trinajstić information content (AvgIpc) is 2.86. The lowest BCUT2D eigenvalue weighted by atomic mass is 9.83. The van der Waals surface area contributed by atoms with Crippen LogP contribution in [0.25, 0.3) is 0 Å². The van der Waals surface area contributed by atoms with Gasteiger partial charge in [-0.05, 0) is 53.5 Å². The van der Waals surface area contributed by atoms with Crippen molar-refractivity contribution in [1.82, 2.24) is 4.90 Å². The Hall–Kier alpha value is -3.80. The summed E-state index contributed by atoms with van der Waals surface area (Å²) in [6.45, 7) is 0.229. The van der Waals surface area contributed by atoms with Gasteiger partial charge in [0.2, 0.25) is 0 Å². The van der Waals surface area contributed by atoms with Crippen LogP contribution in [0.2, 0.25) is 0 Å². The summed E-state index contributed by atoms with van der Waals surface area (Å²) in [7, 11) is 1.78. The molecular formula is C28H29NO5. The van der Waals surface area contributed by atoms with E-state index in [4.69, 9.17) is 14.6 Å². The van der Waals surface area contributed by atoms with Crippen molar-refractivity contribution in [1.29, 1.82) is 0 Å². The van der Waals surface area contributed by atoms with Crippen molar-refractivity contribution in [3.8, 4) is 5.75 Å². The number of rotatable bonds is 8. The number of amides is 1. The van der Waals surface area contributed by atoms with Crippen molar-refractivity contribution in [2.45, 2.75) is 25.4 Å². The third kappa shape index (κ3) is 5.76. The fourth-order valence-corrected chi connectivity index (χ4v) is 4.51. The Kier molecular flexibility index (Phi) is 7.48. The molecule has 0 spiro atoms. The van der Waals surface area contributed by atoms with Gasteiger partial charge in [0.15, 0.2) is 12.7 Å². The van der Waals surface area contributed by atoms with E-state index in [0.29, 0.717) is 12.3 Å². The normalized spacial score (nSPS) is 14.8. The highest BCUT2D eigenvalue weighted by molar-refractivity contribution is 5.69. The molecule has 0 radical (unpaired) electrons. The standard InChI is InChI=1S/C28H29NO5/c1-29(18-20-15-16-24-23(17-20)13-8-14-25(24)33-19-26(30)31)28(32)34-27(21-9-4-2-5-10-21)22-11-6-3-7-12-22/h2-14,20,27H,15-19H2,1H3,(H,30,31). The first-order valence-corrected chi connectivity index (χ1v) is 11.5. The van der Waals surface area contributed by atoms with Crippen LogP contribution < -0.4 is 4.74 Å². The van der Waals surface area contributed by atoms with Gasteiger partial charge >= 0.3 is 12.1 Å². The SMILES string of the molecule is CN(CC1CCc2c(cccc2OCC(=O)O)C1)C(=O)OC(c1ccccc1)c1ccccc1. The second-order valence-corrected chi connectivity index (χ2v) is 8.65. The number of carbonyl (C=O) groups is 2. The van der Waals surface area contributed by atoms with Crippen molar-refractivity contribution in [3.63, 3.8) is 0 Å². The van der Waals surface area contributed by atoms with E-state index in [1.165, 1.54) is 0 Å². The molecule has 1 atom stereocenters. The highest BCUT2D eigenvalue weighted by Crippen LogP contribution is 2.33. The maximum Gasteiger partial charge on any atom is 0.410 e. The molecule has 176 valence electrons. The number of ether oxygens (including phenoxy) is 2. The summed E-state index contributed by atoms with van der Waals surface area (Å²) in [5.41, 5.74) is 4.07. The van der Waals surface area contributed by atoms with Gasteiger partial charge in [-0.2, -0.15) is 0 Å². The molecular weight excluding hydrogens is 430 g/mol. The minimum Gasteiger partial charge on any atom is -0.482 e. The van der Waals surface area contributed by atoms with E-state index in [1.807, 2.05) is 78.9 Å². The summed E-state index contributed by atoms with van der Waals surface area (Å²) in [4.78, 5) is 25.6. The molecule has 1 N–H and O–H groups in total. The van der Waals surface area contributed by atoms with E-state index in [-0.39, 0.29) is 18.6 Å². The molecule has 0 fully saturated rings. The first kappa shape index (κ1) is 23.4. The second kappa shape index (κ2) is 10.9. The van der Waals surface area contributed by atoms with Gasteiger partial charge in [0.1, 0.15) is 5.75 Å². The van der Waals surface area contributed by atoms with Crippen LogP contribution in [0.3, 0.4) is 0 Å². The average molecular weight is 460 g/mol. The van der Waals surface area contributed by atoms with E-state index in [2.05, 4.69) is 0 Å². The largest absolute Gasteiger partial charge is 0.482 e. The Morgan fingerprint density at radius 2 is 1.62 bits per heavy atom. The van der Waals surface area contributed by atoms with Crippen LogP contribution in [0.15, 0.2) is 78.9 Å². The highest BCUT2D eigenvalue weighted by atomic mass is 16.6. The third-order valence-electron chi connectivity index (χ3n) is 6.16. The lowest BCUT2D eigenvalue weighted by molar-refractivity contribution is -0.139. The van der Waals surface area contributed by atoms with Gasteiger partial charge in [0.25, 0.3) is 0 Å². The van der Waals surface area contributed by atoms with Crippen LogP contribution in [0.4, 0.5) is 4.79 Å². The number of carbonyl (C=O) groups excluding carboxylic acids is 1. The lowest BCUT2D eigenvalue weighted by Gasteiger charge is -2.30. The monoisotopic (exact) mass is 459 g/mol. The van der Waals surface area contributed by atoms with Gasteiger partial charge in [-0.3, -0.25) is 0 Å².